The molecule has 0 radical (unpaired) electrons. The summed E-state index contributed by atoms with van der Waals surface area (Å²) in [4.78, 5) is 0. The molecule has 0 aliphatic carbocycles. The van der Waals surface area contributed by atoms with Crippen molar-refractivity contribution >= 4 is 28.9 Å². The third kappa shape index (κ3) is 3.37. The van der Waals surface area contributed by atoms with Crippen LogP contribution in [-0.2, 0) is 4.74 Å². The number of hydrogen-bond acceptors (Lipinski definition) is 2. The molecule has 14 heavy (non-hydrogen) atoms. The Kier molecular flexibility index (Phi) is 5.09. The normalized spacial score (nSPS) is 10.2. The number of anilines is 1. The highest BCUT2D eigenvalue weighted by molar-refractivity contribution is 6.43. The van der Waals surface area contributed by atoms with E-state index in [0.29, 0.717) is 10.0 Å². The Hall–Kier alpha value is -0.440. The molecule has 0 aliphatic rings. The fourth-order valence-electron chi connectivity index (χ4n) is 1.08. The standard InChI is InChI=1S/C10H13Cl2NO/c1-14-7-3-6-13-9-5-2-4-8(11)10(9)12/h2,4-5,13H,3,6-7H2,1H3. The number of rotatable bonds is 5. The van der Waals surface area contributed by atoms with Crippen LogP contribution in [0.2, 0.25) is 10.0 Å². The van der Waals surface area contributed by atoms with E-state index < -0.39 is 0 Å². The number of halogens is 2. The maximum atomic E-state index is 5.98. The van der Waals surface area contributed by atoms with Gasteiger partial charge in [0, 0.05) is 20.3 Å². The van der Waals surface area contributed by atoms with Crippen LogP contribution in [0.15, 0.2) is 18.2 Å². The predicted octanol–water partition coefficient (Wildman–Crippen LogP) is 3.44. The van der Waals surface area contributed by atoms with Crippen LogP contribution in [0.4, 0.5) is 5.69 Å². The molecule has 0 heterocycles. The van der Waals surface area contributed by atoms with Crippen LogP contribution in [0.1, 0.15) is 6.42 Å². The summed E-state index contributed by atoms with van der Waals surface area (Å²) >= 11 is 11.8. The SMILES string of the molecule is COCCCNc1cccc(Cl)c1Cl. The summed E-state index contributed by atoms with van der Waals surface area (Å²) in [6.07, 6.45) is 0.944. The molecule has 0 aliphatic heterocycles. The minimum Gasteiger partial charge on any atom is -0.385 e. The topological polar surface area (TPSA) is 21.3 Å². The maximum Gasteiger partial charge on any atom is 0.0823 e. The molecular formula is C10H13Cl2NO. The molecule has 1 rings (SSSR count). The summed E-state index contributed by atoms with van der Waals surface area (Å²) in [5.74, 6) is 0. The van der Waals surface area contributed by atoms with Gasteiger partial charge >= 0.3 is 0 Å². The van der Waals surface area contributed by atoms with Crippen LogP contribution >= 0.6 is 23.2 Å². The molecule has 1 aromatic rings. The van der Waals surface area contributed by atoms with Gasteiger partial charge in [0.15, 0.2) is 0 Å². The minimum atomic E-state index is 0.573. The summed E-state index contributed by atoms with van der Waals surface area (Å²) in [6.45, 7) is 1.57. The van der Waals surface area contributed by atoms with Crippen molar-refractivity contribution in [3.05, 3.63) is 28.2 Å². The van der Waals surface area contributed by atoms with E-state index in [-0.39, 0.29) is 0 Å². The van der Waals surface area contributed by atoms with Crippen molar-refractivity contribution in [2.75, 3.05) is 25.6 Å². The van der Waals surface area contributed by atoms with E-state index in [9.17, 15) is 0 Å². The first-order valence-electron chi connectivity index (χ1n) is 4.42. The van der Waals surface area contributed by atoms with Crippen molar-refractivity contribution in [1.29, 1.82) is 0 Å². The van der Waals surface area contributed by atoms with E-state index in [1.807, 2.05) is 12.1 Å². The first kappa shape index (κ1) is 11.6. The minimum absolute atomic E-state index is 0.573. The Labute approximate surface area is 94.2 Å². The molecular weight excluding hydrogens is 221 g/mol. The zero-order valence-electron chi connectivity index (χ0n) is 8.02. The lowest BCUT2D eigenvalue weighted by Gasteiger charge is -2.08. The summed E-state index contributed by atoms with van der Waals surface area (Å²) in [7, 11) is 1.69. The van der Waals surface area contributed by atoms with Crippen LogP contribution in [0.25, 0.3) is 0 Å². The van der Waals surface area contributed by atoms with E-state index in [4.69, 9.17) is 27.9 Å². The zero-order valence-corrected chi connectivity index (χ0v) is 9.53. The van der Waals surface area contributed by atoms with E-state index in [0.717, 1.165) is 25.3 Å². The van der Waals surface area contributed by atoms with Gasteiger partial charge in [0.1, 0.15) is 0 Å². The molecule has 0 spiro atoms. The first-order chi connectivity index (χ1) is 6.75. The molecule has 2 nitrogen and oxygen atoms in total. The van der Waals surface area contributed by atoms with Crippen LogP contribution < -0.4 is 5.32 Å². The van der Waals surface area contributed by atoms with E-state index in [1.54, 1.807) is 13.2 Å². The highest BCUT2D eigenvalue weighted by atomic mass is 35.5. The summed E-state index contributed by atoms with van der Waals surface area (Å²) in [5, 5.41) is 4.34. The van der Waals surface area contributed by atoms with Gasteiger partial charge in [-0.25, -0.2) is 0 Å². The van der Waals surface area contributed by atoms with Gasteiger partial charge in [-0.15, -0.1) is 0 Å². The number of hydrogen-bond donors (Lipinski definition) is 1. The fourth-order valence-corrected chi connectivity index (χ4v) is 1.45. The second-order valence-corrected chi connectivity index (χ2v) is 3.66. The summed E-state index contributed by atoms with van der Waals surface area (Å²) in [6, 6.07) is 5.54. The zero-order chi connectivity index (χ0) is 10.4. The van der Waals surface area contributed by atoms with Crippen molar-refractivity contribution in [3.8, 4) is 0 Å². The molecule has 78 valence electrons. The monoisotopic (exact) mass is 233 g/mol. The van der Waals surface area contributed by atoms with Gasteiger partial charge in [-0.05, 0) is 18.6 Å². The quantitative estimate of drug-likeness (QED) is 0.788. The van der Waals surface area contributed by atoms with Crippen LogP contribution in [-0.4, -0.2) is 20.3 Å². The van der Waals surface area contributed by atoms with Crippen molar-refractivity contribution in [3.63, 3.8) is 0 Å². The maximum absolute atomic E-state index is 5.98. The molecule has 0 bridgehead atoms. The predicted molar refractivity (Wildman–Crippen MR) is 61.4 cm³/mol. The lowest BCUT2D eigenvalue weighted by atomic mass is 10.3. The van der Waals surface area contributed by atoms with Gasteiger partial charge in [0.2, 0.25) is 0 Å². The largest absolute Gasteiger partial charge is 0.385 e. The van der Waals surface area contributed by atoms with Crippen LogP contribution in [0.5, 0.6) is 0 Å². The number of methoxy groups -OCH3 is 1. The average Bonchev–Trinajstić information content (AvgIpc) is 2.19. The number of nitrogens with one attached hydrogen (secondary N) is 1. The van der Waals surface area contributed by atoms with E-state index in [1.165, 1.54) is 0 Å². The van der Waals surface area contributed by atoms with Gasteiger partial charge < -0.3 is 10.1 Å². The molecule has 0 saturated carbocycles. The Bertz CT molecular complexity index is 291. The summed E-state index contributed by atoms with van der Waals surface area (Å²) < 4.78 is 4.93. The van der Waals surface area contributed by atoms with Crippen LogP contribution in [0, 0.1) is 0 Å². The second-order valence-electron chi connectivity index (χ2n) is 2.87. The number of ether oxygens (including phenoxy) is 1. The molecule has 4 heteroatoms. The first-order valence-corrected chi connectivity index (χ1v) is 5.18. The van der Waals surface area contributed by atoms with Gasteiger partial charge in [-0.1, -0.05) is 29.3 Å². The lowest BCUT2D eigenvalue weighted by molar-refractivity contribution is 0.198. The van der Waals surface area contributed by atoms with Crippen molar-refractivity contribution in [1.82, 2.24) is 0 Å². The molecule has 0 amide bonds. The highest BCUT2D eigenvalue weighted by Gasteiger charge is 2.02. The molecule has 1 N–H and O–H groups in total. The highest BCUT2D eigenvalue weighted by Crippen LogP contribution is 2.29. The van der Waals surface area contributed by atoms with Crippen molar-refractivity contribution in [2.45, 2.75) is 6.42 Å². The average molecular weight is 234 g/mol. The Balaban J connectivity index is 2.46. The molecule has 0 aromatic heterocycles. The molecule has 0 atom stereocenters. The Morgan fingerprint density at radius 3 is 2.86 bits per heavy atom. The Morgan fingerprint density at radius 1 is 1.36 bits per heavy atom. The third-order valence-corrected chi connectivity index (χ3v) is 2.61. The summed E-state index contributed by atoms with van der Waals surface area (Å²) in [5.41, 5.74) is 0.871. The second kappa shape index (κ2) is 6.12. The molecule has 0 unspecified atom stereocenters. The third-order valence-electron chi connectivity index (χ3n) is 1.79. The van der Waals surface area contributed by atoms with Gasteiger partial charge in [-0.3, -0.25) is 0 Å². The van der Waals surface area contributed by atoms with Gasteiger partial charge in [0.25, 0.3) is 0 Å². The molecule has 0 saturated heterocycles. The van der Waals surface area contributed by atoms with E-state index in [2.05, 4.69) is 5.32 Å². The fraction of sp³-hybridized carbons (Fsp3) is 0.400. The molecule has 0 fully saturated rings. The number of benzene rings is 1. The Morgan fingerprint density at radius 2 is 2.14 bits per heavy atom. The van der Waals surface area contributed by atoms with Crippen LogP contribution in [0.3, 0.4) is 0 Å². The lowest BCUT2D eigenvalue weighted by Crippen LogP contribution is -2.04. The van der Waals surface area contributed by atoms with Crippen molar-refractivity contribution in [2.24, 2.45) is 0 Å². The van der Waals surface area contributed by atoms with Gasteiger partial charge in [0.05, 0.1) is 15.7 Å². The van der Waals surface area contributed by atoms with Gasteiger partial charge in [-0.2, -0.15) is 0 Å². The smallest absolute Gasteiger partial charge is 0.0823 e. The van der Waals surface area contributed by atoms with E-state index >= 15 is 0 Å². The molecule has 1 aromatic carbocycles. The van der Waals surface area contributed by atoms with Crippen molar-refractivity contribution < 1.29 is 4.74 Å².